The average Bonchev–Trinajstić information content (AvgIpc) is 3.12. The molecule has 148 valence electrons. The first-order valence-electron chi connectivity index (χ1n) is 10.3. The normalized spacial score (nSPS) is 18.3. The number of carbonyl (C=O) groups excluding carboxylic acids is 1. The van der Waals surface area contributed by atoms with E-state index in [9.17, 15) is 9.18 Å². The molecule has 1 aromatic heterocycles. The second-order valence-electron chi connectivity index (χ2n) is 9.04. The Bertz CT molecular complexity index is 818. The van der Waals surface area contributed by atoms with Crippen LogP contribution < -0.4 is 5.32 Å². The van der Waals surface area contributed by atoms with Crippen molar-refractivity contribution in [3.8, 4) is 0 Å². The van der Waals surface area contributed by atoms with Gasteiger partial charge in [-0.15, -0.1) is 0 Å². The minimum absolute atomic E-state index is 0.130. The van der Waals surface area contributed by atoms with Gasteiger partial charge in [0.2, 0.25) is 5.91 Å². The molecule has 1 aliphatic heterocycles. The molecule has 1 amide bonds. The number of nitrogens with one attached hydrogen (secondary N) is 1. The Kier molecular flexibility index (Phi) is 5.53. The van der Waals surface area contributed by atoms with Crippen LogP contribution >= 0.6 is 0 Å². The van der Waals surface area contributed by atoms with Crippen molar-refractivity contribution in [2.45, 2.75) is 83.5 Å². The molecule has 1 fully saturated rings. The summed E-state index contributed by atoms with van der Waals surface area (Å²) in [5.41, 5.74) is 4.01. The van der Waals surface area contributed by atoms with E-state index in [1.54, 1.807) is 12.1 Å². The molecule has 0 radical (unpaired) electrons. The van der Waals surface area contributed by atoms with Crippen LogP contribution in [0.4, 0.5) is 4.39 Å². The van der Waals surface area contributed by atoms with E-state index in [1.165, 1.54) is 0 Å². The van der Waals surface area contributed by atoms with Crippen molar-refractivity contribution in [3.63, 3.8) is 0 Å². The molecule has 1 unspecified atom stereocenters. The molecule has 2 aromatic rings. The van der Waals surface area contributed by atoms with Crippen molar-refractivity contribution in [2.24, 2.45) is 0 Å². The van der Waals surface area contributed by atoms with Gasteiger partial charge in [-0.3, -0.25) is 4.79 Å². The van der Waals surface area contributed by atoms with E-state index in [4.69, 9.17) is 0 Å². The van der Waals surface area contributed by atoms with Crippen LogP contribution in [0.25, 0.3) is 10.9 Å². The summed E-state index contributed by atoms with van der Waals surface area (Å²) >= 11 is 0. The fourth-order valence-electron chi connectivity index (χ4n) is 5.68. The van der Waals surface area contributed by atoms with Crippen LogP contribution in [0.5, 0.6) is 0 Å². The predicted molar refractivity (Wildman–Crippen MR) is 113 cm³/mol. The van der Waals surface area contributed by atoms with Crippen molar-refractivity contribution < 1.29 is 9.18 Å². The van der Waals surface area contributed by atoms with Crippen molar-refractivity contribution >= 4 is 25.0 Å². The molecule has 0 bridgehead atoms. The highest BCUT2D eigenvalue weighted by Gasteiger charge is 2.46. The van der Waals surface area contributed by atoms with Crippen molar-refractivity contribution in [1.29, 1.82) is 0 Å². The summed E-state index contributed by atoms with van der Waals surface area (Å²) in [6.45, 7) is 14.1. The molecule has 0 saturated carbocycles. The van der Waals surface area contributed by atoms with E-state index in [0.717, 1.165) is 29.3 Å². The zero-order chi connectivity index (χ0) is 19.9. The fraction of sp³-hybridized carbons (Fsp3) is 0.591. The molecular formula is C22H33FN2OSi. The summed E-state index contributed by atoms with van der Waals surface area (Å²) in [7, 11) is -1.93. The monoisotopic (exact) mass is 388 g/mol. The van der Waals surface area contributed by atoms with Gasteiger partial charge in [-0.05, 0) is 59.4 Å². The van der Waals surface area contributed by atoms with Crippen LogP contribution in [-0.2, 0) is 11.2 Å². The first-order chi connectivity index (χ1) is 12.7. The lowest BCUT2D eigenvalue weighted by atomic mass is 10.0. The number of benzene rings is 1. The molecule has 1 atom stereocenters. The van der Waals surface area contributed by atoms with E-state index in [1.807, 2.05) is 6.07 Å². The molecule has 1 aromatic carbocycles. The smallest absolute Gasteiger partial charge is 0.220 e. The van der Waals surface area contributed by atoms with Crippen LogP contribution in [0.15, 0.2) is 24.4 Å². The summed E-state index contributed by atoms with van der Waals surface area (Å²) in [4.78, 5) is 11.6. The van der Waals surface area contributed by atoms with Gasteiger partial charge in [0.1, 0.15) is 5.82 Å². The van der Waals surface area contributed by atoms with Crippen LogP contribution in [0, 0.1) is 5.82 Å². The molecule has 5 heteroatoms. The van der Waals surface area contributed by atoms with Gasteiger partial charge in [-0.2, -0.15) is 0 Å². The maximum absolute atomic E-state index is 14.1. The summed E-state index contributed by atoms with van der Waals surface area (Å²) in [5.74, 6) is -0.0620. The third-order valence-corrected chi connectivity index (χ3v) is 13.3. The van der Waals surface area contributed by atoms with E-state index in [0.29, 0.717) is 23.0 Å². The van der Waals surface area contributed by atoms with Crippen molar-refractivity contribution in [2.75, 3.05) is 0 Å². The molecule has 1 saturated heterocycles. The van der Waals surface area contributed by atoms with Gasteiger partial charge in [0.05, 0.1) is 0 Å². The lowest BCUT2D eigenvalue weighted by molar-refractivity contribution is -0.119. The number of rotatable bonds is 6. The highest BCUT2D eigenvalue weighted by Crippen LogP contribution is 2.45. The standard InChI is InChI=1S/C22H33FN2OSi/c1-14(2)27(15(3)4,16(5)6)25-13-17(11-19-8-10-22(26)24-19)20-12-18(23)7-9-21(20)25/h7,9,12-16,19H,8,10-11H2,1-6H3,(H,24,26). The number of fused-ring (bicyclic) bond motifs is 1. The van der Waals surface area contributed by atoms with Gasteiger partial charge in [0.15, 0.2) is 8.24 Å². The number of amides is 1. The first-order valence-corrected chi connectivity index (χ1v) is 12.4. The third-order valence-electron chi connectivity index (χ3n) is 6.59. The first kappa shape index (κ1) is 20.1. The topological polar surface area (TPSA) is 34.0 Å². The van der Waals surface area contributed by atoms with Gasteiger partial charge in [0.25, 0.3) is 0 Å². The van der Waals surface area contributed by atoms with Crippen molar-refractivity contribution in [3.05, 3.63) is 35.8 Å². The lowest BCUT2D eigenvalue weighted by Gasteiger charge is -2.44. The van der Waals surface area contributed by atoms with Crippen LogP contribution in [0.3, 0.4) is 0 Å². The van der Waals surface area contributed by atoms with Crippen LogP contribution in [-0.4, -0.2) is 24.4 Å². The van der Waals surface area contributed by atoms with Crippen LogP contribution in [0.2, 0.25) is 16.6 Å². The zero-order valence-corrected chi connectivity index (χ0v) is 18.5. The number of nitrogens with zero attached hydrogens (tertiary/aromatic N) is 1. The van der Waals surface area contributed by atoms with Crippen molar-refractivity contribution in [1.82, 2.24) is 9.55 Å². The third kappa shape index (κ3) is 3.35. The molecular weight excluding hydrogens is 355 g/mol. The van der Waals surface area contributed by atoms with E-state index in [-0.39, 0.29) is 17.8 Å². The Labute approximate surface area is 163 Å². The summed E-state index contributed by atoms with van der Waals surface area (Å²) in [5, 5.41) is 4.08. The maximum atomic E-state index is 14.1. The number of halogens is 1. The van der Waals surface area contributed by atoms with Gasteiger partial charge in [-0.25, -0.2) is 4.39 Å². The predicted octanol–water partition coefficient (Wildman–Crippen LogP) is 5.63. The quantitative estimate of drug-likeness (QED) is 0.640. The number of hydrogen-bond donors (Lipinski definition) is 1. The highest BCUT2D eigenvalue weighted by atomic mass is 28.3. The highest BCUT2D eigenvalue weighted by molar-refractivity contribution is 6.82. The minimum atomic E-state index is -1.93. The average molecular weight is 389 g/mol. The zero-order valence-electron chi connectivity index (χ0n) is 17.5. The number of hydrogen-bond acceptors (Lipinski definition) is 1. The molecule has 0 aliphatic carbocycles. The molecule has 1 N–H and O–H groups in total. The summed E-state index contributed by atoms with van der Waals surface area (Å²) in [6.07, 6.45) is 4.53. The molecule has 3 rings (SSSR count). The van der Waals surface area contributed by atoms with Gasteiger partial charge < -0.3 is 9.55 Å². The Morgan fingerprint density at radius 1 is 1.15 bits per heavy atom. The van der Waals surface area contributed by atoms with Crippen LogP contribution in [0.1, 0.15) is 59.9 Å². The number of carbonyl (C=O) groups is 1. The molecule has 0 spiro atoms. The Balaban J connectivity index is 2.19. The van der Waals surface area contributed by atoms with Gasteiger partial charge in [0, 0.05) is 23.4 Å². The molecule has 27 heavy (non-hydrogen) atoms. The summed E-state index contributed by atoms with van der Waals surface area (Å²) in [6, 6.07) is 5.38. The van der Waals surface area contributed by atoms with E-state index >= 15 is 0 Å². The second kappa shape index (κ2) is 7.42. The largest absolute Gasteiger partial charge is 0.373 e. The molecule has 2 heterocycles. The van der Waals surface area contributed by atoms with E-state index < -0.39 is 8.24 Å². The summed E-state index contributed by atoms with van der Waals surface area (Å²) < 4.78 is 16.7. The maximum Gasteiger partial charge on any atom is 0.220 e. The lowest BCUT2D eigenvalue weighted by Crippen LogP contribution is -2.51. The number of aromatic nitrogens is 1. The van der Waals surface area contributed by atoms with E-state index in [2.05, 4.69) is 57.3 Å². The fourth-order valence-corrected chi connectivity index (χ4v) is 12.3. The van der Waals surface area contributed by atoms with Gasteiger partial charge in [-0.1, -0.05) is 41.5 Å². The Morgan fingerprint density at radius 3 is 2.30 bits per heavy atom. The van der Waals surface area contributed by atoms with Gasteiger partial charge >= 0.3 is 0 Å². The molecule has 3 nitrogen and oxygen atoms in total. The SMILES string of the molecule is CC(C)[Si](C(C)C)(C(C)C)n1cc(CC2CCC(=O)N2)c2cc(F)ccc21. The molecule has 1 aliphatic rings. The Hall–Kier alpha value is -1.62. The Morgan fingerprint density at radius 2 is 1.78 bits per heavy atom. The second-order valence-corrected chi connectivity index (χ2v) is 14.8. The minimum Gasteiger partial charge on any atom is -0.373 e.